The molecular formula is C66H97F5N2O16. The molecule has 0 bridgehead atoms. The van der Waals surface area contributed by atoms with Crippen LogP contribution in [0.2, 0.25) is 0 Å². The number of benzene rings is 3. The van der Waals surface area contributed by atoms with Gasteiger partial charge in [-0.1, -0.05) is 151 Å². The predicted octanol–water partition coefficient (Wildman–Crippen LogP) is 11.4. The number of hydrogen-bond donors (Lipinski definition) is 1. The molecule has 0 unspecified atom stereocenters. The number of esters is 3. The summed E-state index contributed by atoms with van der Waals surface area (Å²) in [6.45, 7) is 7.45. The van der Waals surface area contributed by atoms with Crippen LogP contribution in [0.25, 0.3) is 0 Å². The molecule has 0 aliphatic rings. The maximum Gasteiger partial charge on any atom is 0.329 e. The summed E-state index contributed by atoms with van der Waals surface area (Å²) in [7, 11) is 0. The van der Waals surface area contributed by atoms with Gasteiger partial charge in [0.05, 0.1) is 112 Å². The van der Waals surface area contributed by atoms with E-state index in [4.69, 9.17) is 47.4 Å². The maximum atomic E-state index is 14.1. The lowest BCUT2D eigenvalue weighted by Crippen LogP contribution is -2.47. The molecule has 0 aliphatic heterocycles. The number of halogens is 5. The van der Waals surface area contributed by atoms with Crippen LogP contribution in [0.15, 0.2) is 60.7 Å². The third-order valence-corrected chi connectivity index (χ3v) is 13.9. The molecule has 0 spiro atoms. The lowest BCUT2D eigenvalue weighted by molar-refractivity contribution is -0.157. The van der Waals surface area contributed by atoms with Crippen molar-refractivity contribution in [1.82, 2.24) is 10.2 Å². The van der Waals surface area contributed by atoms with Crippen molar-refractivity contribution in [2.75, 3.05) is 119 Å². The smallest absolute Gasteiger partial charge is 0.329 e. The number of rotatable bonds is 57. The first kappa shape index (κ1) is 77.6. The van der Waals surface area contributed by atoms with Crippen molar-refractivity contribution in [2.45, 2.75) is 161 Å². The molecule has 1 N–H and O–H groups in total. The molecule has 502 valence electrons. The number of unbranched alkanes of at least 4 members (excludes halogenated alkanes) is 14. The molecule has 0 fully saturated rings. The Labute approximate surface area is 522 Å². The van der Waals surface area contributed by atoms with E-state index in [1.807, 2.05) is 60.7 Å². The van der Waals surface area contributed by atoms with Gasteiger partial charge in [-0.05, 0) is 36.8 Å². The van der Waals surface area contributed by atoms with Gasteiger partial charge in [-0.2, -0.15) is 8.78 Å². The molecule has 18 nitrogen and oxygen atoms in total. The van der Waals surface area contributed by atoms with Crippen LogP contribution in [0.3, 0.4) is 0 Å². The van der Waals surface area contributed by atoms with Crippen molar-refractivity contribution in [1.29, 1.82) is 0 Å². The van der Waals surface area contributed by atoms with Crippen molar-refractivity contribution in [3.8, 4) is 5.75 Å². The van der Waals surface area contributed by atoms with Crippen LogP contribution in [0.1, 0.15) is 153 Å². The van der Waals surface area contributed by atoms with Crippen molar-refractivity contribution in [3.63, 3.8) is 0 Å². The number of carbonyl (C=O) groups excluding carboxylic acids is 5. The highest BCUT2D eigenvalue weighted by molar-refractivity contribution is 5.85. The van der Waals surface area contributed by atoms with Gasteiger partial charge < -0.3 is 62.3 Å². The van der Waals surface area contributed by atoms with Gasteiger partial charge in [-0.3, -0.25) is 19.2 Å². The average molecular weight is 1270 g/mol. The van der Waals surface area contributed by atoms with Crippen molar-refractivity contribution in [2.24, 2.45) is 0 Å². The van der Waals surface area contributed by atoms with E-state index < -0.39 is 59.2 Å². The third-order valence-electron chi connectivity index (χ3n) is 13.9. The van der Waals surface area contributed by atoms with Crippen molar-refractivity contribution >= 4 is 29.7 Å². The molecule has 0 aromatic heterocycles. The minimum atomic E-state index is -2.36. The number of hydrogen-bond acceptors (Lipinski definition) is 16. The summed E-state index contributed by atoms with van der Waals surface area (Å²) < 4.78 is 126. The second-order valence-corrected chi connectivity index (χ2v) is 21.1. The quantitative estimate of drug-likeness (QED) is 0.0139. The standard InChI is InChI=1S/C66H97F5N2O16/c1-2-3-4-5-6-7-11-14-23-34-73(57(75)28-21-12-9-8-10-13-22-29-58(76)87-51-53-24-17-15-18-25-53)55(66(78)88-52-54-26-19-16-20-27-54)30-31-56(74)72-33-36-80-38-40-82-42-44-84-46-48-86-50-49-85-47-45-83-43-41-81-39-37-79-35-32-59(77)89-65-63(70)61(68)60(67)62(69)64(65)71/h15-20,24-27,55H,2-14,21-23,28-52H2,1H3,(H,72,74)/t55-/m0/s1. The molecule has 0 radical (unpaired) electrons. The summed E-state index contributed by atoms with van der Waals surface area (Å²) in [6, 6.07) is 18.1. The molecule has 3 aromatic carbocycles. The third kappa shape index (κ3) is 37.9. The van der Waals surface area contributed by atoms with Crippen LogP contribution < -0.4 is 10.1 Å². The van der Waals surface area contributed by atoms with Crippen LogP contribution in [0, 0.1) is 29.1 Å². The zero-order chi connectivity index (χ0) is 64.2. The fourth-order valence-corrected chi connectivity index (χ4v) is 8.91. The number of nitrogens with zero attached hydrogens (tertiary/aromatic N) is 1. The predicted molar refractivity (Wildman–Crippen MR) is 322 cm³/mol. The van der Waals surface area contributed by atoms with Gasteiger partial charge in [-0.25, -0.2) is 18.0 Å². The number of amides is 2. The van der Waals surface area contributed by atoms with Crippen LogP contribution in [0.5, 0.6) is 5.75 Å². The molecule has 1 atom stereocenters. The molecule has 3 rings (SSSR count). The van der Waals surface area contributed by atoms with Gasteiger partial charge in [-0.15, -0.1) is 0 Å². The lowest BCUT2D eigenvalue weighted by atomic mass is 10.0. The highest BCUT2D eigenvalue weighted by Gasteiger charge is 2.32. The molecule has 0 aliphatic carbocycles. The Bertz CT molecular complexity index is 2320. The van der Waals surface area contributed by atoms with Gasteiger partial charge in [0.2, 0.25) is 46.6 Å². The number of ether oxygens (including phenoxy) is 11. The first-order valence-electron chi connectivity index (χ1n) is 31.7. The van der Waals surface area contributed by atoms with E-state index >= 15 is 0 Å². The van der Waals surface area contributed by atoms with Gasteiger partial charge in [0.25, 0.3) is 0 Å². The van der Waals surface area contributed by atoms with Crippen LogP contribution in [-0.4, -0.2) is 159 Å². The second-order valence-electron chi connectivity index (χ2n) is 21.1. The maximum absolute atomic E-state index is 14.1. The summed E-state index contributed by atoms with van der Waals surface area (Å²) in [5.74, 6) is -15.3. The molecule has 3 aromatic rings. The Kier molecular flexibility index (Phi) is 45.3. The van der Waals surface area contributed by atoms with Gasteiger partial charge in [0, 0.05) is 32.4 Å². The molecular weight excluding hydrogens is 1170 g/mol. The highest BCUT2D eigenvalue weighted by Crippen LogP contribution is 2.29. The van der Waals surface area contributed by atoms with Gasteiger partial charge >= 0.3 is 17.9 Å². The Balaban J connectivity index is 1.22. The topological polar surface area (TPSA) is 202 Å². The first-order valence-corrected chi connectivity index (χ1v) is 31.7. The summed E-state index contributed by atoms with van der Waals surface area (Å²) in [4.78, 5) is 66.9. The van der Waals surface area contributed by atoms with E-state index in [1.165, 1.54) is 32.1 Å². The van der Waals surface area contributed by atoms with Crippen LogP contribution in [-0.2, 0) is 84.6 Å². The SMILES string of the molecule is CCCCCCCCCCCN(C(=O)CCCCCCCCCC(=O)OCc1ccccc1)[C@@H](CCC(=O)NCCOCCOCCOCCOCCOCCOCCOCCOCCC(=O)Oc1c(F)c(F)c(F)c(F)c1F)C(=O)OCc1ccccc1. The fourth-order valence-electron chi connectivity index (χ4n) is 8.91. The van der Waals surface area contributed by atoms with E-state index in [-0.39, 0.29) is 90.0 Å². The van der Waals surface area contributed by atoms with Crippen LogP contribution in [0.4, 0.5) is 22.0 Å². The lowest BCUT2D eigenvalue weighted by Gasteiger charge is -2.31. The summed E-state index contributed by atoms with van der Waals surface area (Å²) in [5, 5.41) is 2.88. The van der Waals surface area contributed by atoms with Crippen molar-refractivity contribution < 1.29 is 98.0 Å². The minimum absolute atomic E-state index is 0.0223. The Morgan fingerprint density at radius 3 is 1.28 bits per heavy atom. The van der Waals surface area contributed by atoms with E-state index in [0.29, 0.717) is 91.9 Å². The Morgan fingerprint density at radius 1 is 0.416 bits per heavy atom. The fraction of sp³-hybridized carbons (Fsp3) is 0.652. The highest BCUT2D eigenvalue weighted by atomic mass is 19.2. The molecule has 23 heteroatoms. The zero-order valence-electron chi connectivity index (χ0n) is 52.2. The van der Waals surface area contributed by atoms with E-state index in [9.17, 15) is 45.9 Å². The van der Waals surface area contributed by atoms with E-state index in [2.05, 4.69) is 17.0 Å². The minimum Gasteiger partial charge on any atom is -0.461 e. The molecule has 89 heavy (non-hydrogen) atoms. The van der Waals surface area contributed by atoms with Crippen molar-refractivity contribution in [3.05, 3.63) is 101 Å². The Hall–Kier alpha value is -5.66. The molecule has 0 heterocycles. The van der Waals surface area contributed by atoms with Gasteiger partial charge in [0.1, 0.15) is 19.3 Å². The summed E-state index contributed by atoms with van der Waals surface area (Å²) in [5.41, 5.74) is 1.80. The summed E-state index contributed by atoms with van der Waals surface area (Å²) >= 11 is 0. The number of carbonyl (C=O) groups is 5. The largest absolute Gasteiger partial charge is 0.461 e. The van der Waals surface area contributed by atoms with E-state index in [0.717, 1.165) is 75.3 Å². The average Bonchev–Trinajstić information content (AvgIpc) is 2.07. The number of nitrogens with one attached hydrogen (secondary N) is 1. The van der Waals surface area contributed by atoms with Crippen LogP contribution >= 0.6 is 0 Å². The molecule has 2 amide bonds. The monoisotopic (exact) mass is 1270 g/mol. The molecule has 0 saturated carbocycles. The van der Waals surface area contributed by atoms with E-state index in [1.54, 1.807) is 4.90 Å². The zero-order valence-corrected chi connectivity index (χ0v) is 52.2. The van der Waals surface area contributed by atoms with Gasteiger partial charge in [0.15, 0.2) is 0 Å². The first-order chi connectivity index (χ1) is 43.4. The second kappa shape index (κ2) is 52.0. The Morgan fingerprint density at radius 2 is 0.809 bits per heavy atom. The molecule has 0 saturated heterocycles. The normalized spacial score (nSPS) is 11.6. The summed E-state index contributed by atoms with van der Waals surface area (Å²) in [6.07, 6.45) is 16.6.